The van der Waals surface area contributed by atoms with E-state index in [1.54, 1.807) is 0 Å². The molecule has 0 aliphatic heterocycles. The van der Waals surface area contributed by atoms with Crippen molar-refractivity contribution in [2.45, 2.75) is 12.8 Å². The van der Waals surface area contributed by atoms with Crippen LogP contribution in [-0.4, -0.2) is 16.1 Å². The van der Waals surface area contributed by atoms with Crippen LogP contribution in [0.4, 0.5) is 5.69 Å². The molecule has 20 heavy (non-hydrogen) atoms. The average Bonchev–Trinajstić information content (AvgIpc) is 3.22. The number of aromatic nitrogens is 2. The van der Waals surface area contributed by atoms with E-state index in [0.29, 0.717) is 0 Å². The first-order valence-corrected chi connectivity index (χ1v) is 7.39. The number of nitrogens with zero attached hydrogens (tertiary/aromatic N) is 2. The van der Waals surface area contributed by atoms with Gasteiger partial charge in [-0.3, -0.25) is 0 Å². The fourth-order valence-corrected chi connectivity index (χ4v) is 3.57. The largest absolute Gasteiger partial charge is 0.385 e. The predicted molar refractivity (Wildman–Crippen MR) is 80.9 cm³/mol. The number of rotatable bonds is 4. The predicted octanol–water partition coefficient (Wildman–Crippen LogP) is 3.50. The summed E-state index contributed by atoms with van der Waals surface area (Å²) in [7, 11) is 0. The van der Waals surface area contributed by atoms with E-state index in [4.69, 9.17) is 0 Å². The molecule has 2 bridgehead atoms. The Hall–Kier alpha value is -2.03. The lowest BCUT2D eigenvalue weighted by Crippen LogP contribution is -2.18. The van der Waals surface area contributed by atoms with Crippen molar-refractivity contribution >= 4 is 5.69 Å². The van der Waals surface area contributed by atoms with Crippen LogP contribution in [0.5, 0.6) is 0 Å². The van der Waals surface area contributed by atoms with E-state index in [1.807, 2.05) is 23.3 Å². The maximum atomic E-state index is 4.10. The third-order valence-electron chi connectivity index (χ3n) is 4.63. The van der Waals surface area contributed by atoms with Crippen LogP contribution in [-0.2, 0) is 0 Å². The van der Waals surface area contributed by atoms with Crippen molar-refractivity contribution in [2.24, 2.45) is 17.8 Å². The zero-order chi connectivity index (χ0) is 13.4. The third-order valence-corrected chi connectivity index (χ3v) is 4.63. The molecule has 0 saturated heterocycles. The lowest BCUT2D eigenvalue weighted by Gasteiger charge is -2.19. The third kappa shape index (κ3) is 2.13. The minimum Gasteiger partial charge on any atom is -0.385 e. The van der Waals surface area contributed by atoms with Crippen LogP contribution in [0, 0.1) is 17.8 Å². The smallest absolute Gasteiger partial charge is 0.0991 e. The van der Waals surface area contributed by atoms with Gasteiger partial charge in [0.25, 0.3) is 0 Å². The Morgan fingerprint density at radius 3 is 3.00 bits per heavy atom. The maximum absolute atomic E-state index is 4.10. The molecular formula is C17H19N3. The maximum Gasteiger partial charge on any atom is 0.0991 e. The molecule has 0 spiro atoms. The lowest BCUT2D eigenvalue weighted by molar-refractivity contribution is 0.472. The molecule has 1 aromatic heterocycles. The monoisotopic (exact) mass is 265 g/mol. The average molecular weight is 265 g/mol. The Kier molecular flexibility index (Phi) is 2.84. The highest BCUT2D eigenvalue weighted by molar-refractivity contribution is 5.51. The summed E-state index contributed by atoms with van der Waals surface area (Å²) in [5, 5.41) is 3.61. The molecule has 3 unspecified atom stereocenters. The summed E-state index contributed by atoms with van der Waals surface area (Å²) in [6.45, 7) is 1.08. The van der Waals surface area contributed by atoms with Crippen LogP contribution in [0.15, 0.2) is 55.1 Å². The highest BCUT2D eigenvalue weighted by Gasteiger charge is 2.35. The fourth-order valence-electron chi connectivity index (χ4n) is 3.57. The molecule has 2 aromatic rings. The van der Waals surface area contributed by atoms with Crippen LogP contribution in [0.1, 0.15) is 12.8 Å². The van der Waals surface area contributed by atoms with E-state index in [0.717, 1.165) is 30.0 Å². The van der Waals surface area contributed by atoms with Crippen molar-refractivity contribution in [2.75, 3.05) is 11.9 Å². The van der Waals surface area contributed by atoms with Crippen molar-refractivity contribution in [1.82, 2.24) is 9.55 Å². The van der Waals surface area contributed by atoms with Crippen molar-refractivity contribution in [1.29, 1.82) is 0 Å². The molecule has 1 saturated carbocycles. The number of fused-ring (bicyclic) bond motifs is 2. The van der Waals surface area contributed by atoms with Gasteiger partial charge in [0.2, 0.25) is 0 Å². The fraction of sp³-hybridized carbons (Fsp3) is 0.353. The normalized spacial score (nSPS) is 27.1. The van der Waals surface area contributed by atoms with E-state index in [-0.39, 0.29) is 0 Å². The number of hydrogen-bond acceptors (Lipinski definition) is 2. The van der Waals surface area contributed by atoms with Gasteiger partial charge in [-0.05, 0) is 48.8 Å². The van der Waals surface area contributed by atoms with Crippen molar-refractivity contribution < 1.29 is 0 Å². The molecule has 2 aliphatic rings. The number of benzene rings is 1. The Morgan fingerprint density at radius 2 is 2.25 bits per heavy atom. The van der Waals surface area contributed by atoms with Gasteiger partial charge in [-0.15, -0.1) is 0 Å². The summed E-state index contributed by atoms with van der Waals surface area (Å²) in [6, 6.07) is 8.53. The van der Waals surface area contributed by atoms with E-state index >= 15 is 0 Å². The van der Waals surface area contributed by atoms with Gasteiger partial charge in [-0.25, -0.2) is 4.98 Å². The molecular weight excluding hydrogens is 246 g/mol. The van der Waals surface area contributed by atoms with Gasteiger partial charge in [0, 0.05) is 30.3 Å². The Balaban J connectivity index is 1.44. The molecule has 3 nitrogen and oxygen atoms in total. The Morgan fingerprint density at radius 1 is 1.25 bits per heavy atom. The molecule has 3 heteroatoms. The van der Waals surface area contributed by atoms with Gasteiger partial charge in [-0.1, -0.05) is 18.2 Å². The van der Waals surface area contributed by atoms with Crippen molar-refractivity contribution in [3.05, 3.63) is 55.1 Å². The molecule has 1 N–H and O–H groups in total. The number of hydrogen-bond donors (Lipinski definition) is 1. The molecule has 1 heterocycles. The van der Waals surface area contributed by atoms with Crippen LogP contribution >= 0.6 is 0 Å². The van der Waals surface area contributed by atoms with Gasteiger partial charge >= 0.3 is 0 Å². The van der Waals surface area contributed by atoms with Gasteiger partial charge in [0.1, 0.15) is 0 Å². The van der Waals surface area contributed by atoms with E-state index < -0.39 is 0 Å². The number of allylic oxidation sites excluding steroid dienone is 2. The van der Waals surface area contributed by atoms with E-state index in [2.05, 4.69) is 46.7 Å². The summed E-state index contributed by atoms with van der Waals surface area (Å²) < 4.78 is 2.03. The molecule has 3 atom stereocenters. The molecule has 4 rings (SSSR count). The van der Waals surface area contributed by atoms with Crippen LogP contribution in [0.2, 0.25) is 0 Å². The van der Waals surface area contributed by atoms with Gasteiger partial charge in [-0.2, -0.15) is 0 Å². The van der Waals surface area contributed by atoms with E-state index in [9.17, 15) is 0 Å². The zero-order valence-electron chi connectivity index (χ0n) is 11.4. The minimum atomic E-state index is 0.807. The first kappa shape index (κ1) is 11.8. The standard InChI is InChI=1S/C17H19N3/c1-2-16(10-17(3-1)20-7-6-18-12-20)19-11-15-9-13-4-5-14(15)8-13/h1-7,10,12-15,19H,8-9,11H2. The molecule has 1 aromatic carbocycles. The number of nitrogens with one attached hydrogen (secondary N) is 1. The molecule has 1 fully saturated rings. The first-order chi connectivity index (χ1) is 9.88. The number of anilines is 1. The second-order valence-corrected chi connectivity index (χ2v) is 5.94. The van der Waals surface area contributed by atoms with Crippen LogP contribution in [0.3, 0.4) is 0 Å². The zero-order valence-corrected chi connectivity index (χ0v) is 11.4. The van der Waals surface area contributed by atoms with Crippen molar-refractivity contribution in [3.8, 4) is 5.69 Å². The highest BCUT2D eigenvalue weighted by Crippen LogP contribution is 2.43. The number of imidazole rings is 1. The topological polar surface area (TPSA) is 29.9 Å². The second-order valence-electron chi connectivity index (χ2n) is 5.94. The highest BCUT2D eigenvalue weighted by atomic mass is 15.0. The molecule has 102 valence electrons. The lowest BCUT2D eigenvalue weighted by atomic mass is 9.93. The summed E-state index contributed by atoms with van der Waals surface area (Å²) in [5.41, 5.74) is 2.35. The summed E-state index contributed by atoms with van der Waals surface area (Å²) in [6.07, 6.45) is 13.2. The summed E-state index contributed by atoms with van der Waals surface area (Å²) in [4.78, 5) is 4.10. The van der Waals surface area contributed by atoms with Crippen LogP contribution in [0.25, 0.3) is 5.69 Å². The first-order valence-electron chi connectivity index (χ1n) is 7.39. The summed E-state index contributed by atoms with van der Waals surface area (Å²) in [5.74, 6) is 2.47. The van der Waals surface area contributed by atoms with Crippen LogP contribution < -0.4 is 5.32 Å². The van der Waals surface area contributed by atoms with Gasteiger partial charge < -0.3 is 9.88 Å². The molecule has 0 amide bonds. The van der Waals surface area contributed by atoms with Gasteiger partial charge in [0.15, 0.2) is 0 Å². The SMILES string of the molecule is C1=CC2CC1CC2CNc1cccc(-n2ccnc2)c1. The van der Waals surface area contributed by atoms with Gasteiger partial charge in [0.05, 0.1) is 6.33 Å². The molecule has 2 aliphatic carbocycles. The van der Waals surface area contributed by atoms with E-state index in [1.165, 1.54) is 18.5 Å². The quantitative estimate of drug-likeness (QED) is 0.857. The van der Waals surface area contributed by atoms with Crippen molar-refractivity contribution in [3.63, 3.8) is 0 Å². The summed E-state index contributed by atoms with van der Waals surface area (Å²) >= 11 is 0. The second kappa shape index (κ2) is 4.82. The minimum absolute atomic E-state index is 0.807. The Bertz CT molecular complexity index is 615. The molecule has 0 radical (unpaired) electrons. The Labute approximate surface area is 119 Å².